The van der Waals surface area contributed by atoms with Crippen LogP contribution in [0.3, 0.4) is 0 Å². The molecule has 3 heteroatoms. The van der Waals surface area contributed by atoms with Gasteiger partial charge < -0.3 is 9.47 Å². The first-order valence-electron chi connectivity index (χ1n) is 2.03. The first-order valence-corrected chi connectivity index (χ1v) is 2.41. The zero-order valence-electron chi connectivity index (χ0n) is 3.98. The quantitative estimate of drug-likeness (QED) is 0.447. The van der Waals surface area contributed by atoms with Gasteiger partial charge in [-0.2, -0.15) is 0 Å². The predicted molar refractivity (Wildman–Crippen MR) is 25.6 cm³/mol. The number of alkyl halides is 1. The third-order valence-electron chi connectivity index (χ3n) is 0.703. The highest BCUT2D eigenvalue weighted by molar-refractivity contribution is 6.21. The fraction of sp³-hybridized carbons (Fsp3) is 0.750. The van der Waals surface area contributed by atoms with Crippen molar-refractivity contribution in [1.29, 1.82) is 0 Å². The summed E-state index contributed by atoms with van der Waals surface area (Å²) in [5.74, 6) is 0. The predicted octanol–water partition coefficient (Wildman–Crippen LogP) is 1.11. The van der Waals surface area contributed by atoms with Crippen molar-refractivity contribution in [2.45, 2.75) is 12.2 Å². The molecule has 7 heavy (non-hydrogen) atoms. The molecule has 1 aliphatic heterocycles. The zero-order chi connectivity index (χ0) is 5.33. The van der Waals surface area contributed by atoms with Gasteiger partial charge in [0.25, 0.3) is 0 Å². The normalized spacial score (nSPS) is 28.3. The van der Waals surface area contributed by atoms with Crippen molar-refractivity contribution in [2.75, 3.05) is 6.61 Å². The molecule has 1 rings (SSSR count). The highest BCUT2D eigenvalue weighted by atomic mass is 35.5. The van der Waals surface area contributed by atoms with Crippen LogP contribution in [0.1, 0.15) is 6.92 Å². The summed E-state index contributed by atoms with van der Waals surface area (Å²) >= 11 is 5.49. The Hall–Kier alpha value is 0.210. The van der Waals surface area contributed by atoms with Crippen molar-refractivity contribution in [2.24, 2.45) is 0 Å². The molecule has 0 amide bonds. The van der Waals surface area contributed by atoms with Crippen LogP contribution in [-0.4, -0.2) is 11.9 Å². The van der Waals surface area contributed by atoms with Crippen molar-refractivity contribution in [3.05, 3.63) is 6.61 Å². The molecular formula is C4H6ClO2. The lowest BCUT2D eigenvalue weighted by Crippen LogP contribution is -2.14. The van der Waals surface area contributed by atoms with E-state index in [1.807, 2.05) is 0 Å². The van der Waals surface area contributed by atoms with E-state index in [1.54, 1.807) is 6.92 Å². The molecule has 1 aliphatic rings. The van der Waals surface area contributed by atoms with Gasteiger partial charge in [-0.05, 0) is 0 Å². The SMILES string of the molecule is CC1(Cl)O[CH]CO1. The fourth-order valence-corrected chi connectivity index (χ4v) is 0.526. The maximum absolute atomic E-state index is 5.49. The van der Waals surface area contributed by atoms with Crippen molar-refractivity contribution < 1.29 is 9.47 Å². The summed E-state index contributed by atoms with van der Waals surface area (Å²) in [5, 5.41) is -0.889. The molecule has 0 aromatic carbocycles. The van der Waals surface area contributed by atoms with Crippen molar-refractivity contribution in [3.63, 3.8) is 0 Å². The van der Waals surface area contributed by atoms with Gasteiger partial charge in [0, 0.05) is 6.92 Å². The number of halogens is 1. The lowest BCUT2D eigenvalue weighted by Gasteiger charge is -2.10. The fourth-order valence-electron chi connectivity index (χ4n) is 0.400. The van der Waals surface area contributed by atoms with Crippen molar-refractivity contribution in [1.82, 2.24) is 0 Å². The van der Waals surface area contributed by atoms with E-state index in [0.29, 0.717) is 6.61 Å². The van der Waals surface area contributed by atoms with Crippen LogP contribution in [-0.2, 0) is 9.47 Å². The molecule has 1 heterocycles. The van der Waals surface area contributed by atoms with E-state index in [-0.39, 0.29) is 0 Å². The van der Waals surface area contributed by atoms with Gasteiger partial charge >= 0.3 is 0 Å². The monoisotopic (exact) mass is 121 g/mol. The molecule has 0 aromatic rings. The largest absolute Gasteiger partial charge is 0.335 e. The molecule has 0 aliphatic carbocycles. The minimum atomic E-state index is -0.889. The number of hydrogen-bond donors (Lipinski definition) is 0. The Labute approximate surface area is 47.4 Å². The van der Waals surface area contributed by atoms with Gasteiger partial charge in [0.15, 0.2) is 0 Å². The third kappa shape index (κ3) is 1.30. The lowest BCUT2D eigenvalue weighted by molar-refractivity contribution is -0.0593. The maximum atomic E-state index is 5.49. The van der Waals surface area contributed by atoms with Gasteiger partial charge in [-0.1, -0.05) is 11.6 Å². The first kappa shape index (κ1) is 5.35. The van der Waals surface area contributed by atoms with Crippen molar-refractivity contribution >= 4 is 11.6 Å². The summed E-state index contributed by atoms with van der Waals surface area (Å²) < 4.78 is 9.59. The molecule has 41 valence electrons. The summed E-state index contributed by atoms with van der Waals surface area (Å²) in [5.41, 5.74) is 0. The highest BCUT2D eigenvalue weighted by Crippen LogP contribution is 2.24. The average molecular weight is 122 g/mol. The van der Waals surface area contributed by atoms with Gasteiger partial charge in [-0.3, -0.25) is 0 Å². The Morgan fingerprint density at radius 3 is 2.71 bits per heavy atom. The lowest BCUT2D eigenvalue weighted by atomic mass is 10.8. The summed E-state index contributed by atoms with van der Waals surface area (Å²) in [6.07, 6.45) is 0. The van der Waals surface area contributed by atoms with Crippen LogP contribution in [0.25, 0.3) is 0 Å². The second-order valence-corrected chi connectivity index (χ2v) is 2.12. The average Bonchev–Trinajstić information content (AvgIpc) is 1.84. The Kier molecular flexibility index (Phi) is 1.24. The van der Waals surface area contributed by atoms with Gasteiger partial charge in [0.1, 0.15) is 6.61 Å². The molecule has 0 spiro atoms. The topological polar surface area (TPSA) is 18.5 Å². The number of rotatable bonds is 0. The maximum Gasteiger partial charge on any atom is 0.245 e. The van der Waals surface area contributed by atoms with Crippen LogP contribution in [0.4, 0.5) is 0 Å². The minimum Gasteiger partial charge on any atom is -0.335 e. The Morgan fingerprint density at radius 1 is 1.86 bits per heavy atom. The van der Waals surface area contributed by atoms with Gasteiger partial charge in [0.2, 0.25) is 5.25 Å². The molecule has 1 atom stereocenters. The molecule has 0 N–H and O–H groups in total. The number of hydrogen-bond acceptors (Lipinski definition) is 2. The molecule has 0 aromatic heterocycles. The molecule has 1 unspecified atom stereocenters. The van der Waals surface area contributed by atoms with Gasteiger partial charge in [-0.15, -0.1) is 0 Å². The van der Waals surface area contributed by atoms with E-state index in [2.05, 4.69) is 0 Å². The molecule has 1 radical (unpaired) electrons. The smallest absolute Gasteiger partial charge is 0.245 e. The summed E-state index contributed by atoms with van der Waals surface area (Å²) in [7, 11) is 0. The molecule has 1 fully saturated rings. The van der Waals surface area contributed by atoms with E-state index in [0.717, 1.165) is 0 Å². The second-order valence-electron chi connectivity index (χ2n) is 1.43. The van der Waals surface area contributed by atoms with Gasteiger partial charge in [0.05, 0.1) is 6.61 Å². The van der Waals surface area contributed by atoms with Crippen LogP contribution < -0.4 is 0 Å². The molecule has 0 saturated carbocycles. The van der Waals surface area contributed by atoms with Crippen molar-refractivity contribution in [3.8, 4) is 0 Å². The van der Waals surface area contributed by atoms with Crippen LogP contribution in [0.5, 0.6) is 0 Å². The Bertz CT molecular complexity index is 64.1. The summed E-state index contributed by atoms with van der Waals surface area (Å²) in [6, 6.07) is 0. The van der Waals surface area contributed by atoms with E-state index < -0.39 is 5.25 Å². The van der Waals surface area contributed by atoms with E-state index in [1.165, 1.54) is 6.61 Å². The van der Waals surface area contributed by atoms with Gasteiger partial charge in [-0.25, -0.2) is 0 Å². The van der Waals surface area contributed by atoms with E-state index >= 15 is 0 Å². The summed E-state index contributed by atoms with van der Waals surface area (Å²) in [4.78, 5) is 0. The molecule has 1 saturated heterocycles. The van der Waals surface area contributed by atoms with Crippen LogP contribution >= 0.6 is 11.6 Å². The molecule has 0 bridgehead atoms. The standard InChI is InChI=1S/C4H6ClO2/c1-4(5)6-2-3-7-4/h2H,3H2,1H3. The van der Waals surface area contributed by atoms with Crippen LogP contribution in [0.15, 0.2) is 0 Å². The van der Waals surface area contributed by atoms with E-state index in [4.69, 9.17) is 21.1 Å². The highest BCUT2D eigenvalue weighted by Gasteiger charge is 2.27. The number of ether oxygens (including phenoxy) is 2. The van der Waals surface area contributed by atoms with E-state index in [9.17, 15) is 0 Å². The summed E-state index contributed by atoms with van der Waals surface area (Å²) in [6.45, 7) is 3.67. The van der Waals surface area contributed by atoms with Crippen LogP contribution in [0, 0.1) is 6.61 Å². The Morgan fingerprint density at radius 2 is 2.57 bits per heavy atom. The zero-order valence-corrected chi connectivity index (χ0v) is 4.73. The second kappa shape index (κ2) is 1.62. The minimum absolute atomic E-state index is 0.486. The third-order valence-corrected chi connectivity index (χ3v) is 0.901. The first-order chi connectivity index (χ1) is 3.21. The van der Waals surface area contributed by atoms with Crippen LogP contribution in [0.2, 0.25) is 0 Å². The molecular weight excluding hydrogens is 115 g/mol. The Balaban J connectivity index is 2.40. The molecule has 2 nitrogen and oxygen atoms in total.